The molecule has 3 aromatic carbocycles. The minimum Gasteiger partial charge on any atom is -0.361 e. The SMILES string of the molecule is Cc1ccc(C(=O)N/C(=C\c2cn(S(=O)(=O)N(C)C)c3ccccc23)C(=O)NCCc2c[nH]c3cc(F)ccc23)cc1. The predicted molar refractivity (Wildman–Crippen MR) is 162 cm³/mol. The minimum atomic E-state index is -3.86. The second-order valence-electron chi connectivity index (χ2n) is 10.1. The summed E-state index contributed by atoms with van der Waals surface area (Å²) in [4.78, 5) is 29.6. The smallest absolute Gasteiger partial charge is 0.307 e. The first-order chi connectivity index (χ1) is 20.0. The number of hydrogen-bond acceptors (Lipinski definition) is 4. The normalized spacial score (nSPS) is 12.3. The monoisotopic (exact) mass is 587 g/mol. The molecule has 2 amide bonds. The Morgan fingerprint density at radius 1 is 1.02 bits per heavy atom. The number of nitrogens with one attached hydrogen (secondary N) is 3. The molecular formula is C31H30FN5O4S. The molecular weight excluding hydrogens is 557 g/mol. The largest absolute Gasteiger partial charge is 0.361 e. The lowest BCUT2D eigenvalue weighted by Crippen LogP contribution is -2.35. The third-order valence-electron chi connectivity index (χ3n) is 6.93. The van der Waals surface area contributed by atoms with Gasteiger partial charge in [0.05, 0.1) is 5.52 Å². The van der Waals surface area contributed by atoms with Crippen molar-refractivity contribution < 1.29 is 22.4 Å². The van der Waals surface area contributed by atoms with Crippen LogP contribution in [-0.2, 0) is 21.4 Å². The van der Waals surface area contributed by atoms with Crippen molar-refractivity contribution in [3.63, 3.8) is 0 Å². The minimum absolute atomic E-state index is 0.0493. The van der Waals surface area contributed by atoms with Crippen molar-refractivity contribution in [3.05, 3.63) is 113 Å². The van der Waals surface area contributed by atoms with Crippen LogP contribution in [0.1, 0.15) is 27.0 Å². The van der Waals surface area contributed by atoms with Crippen molar-refractivity contribution in [2.45, 2.75) is 13.3 Å². The molecule has 9 nitrogen and oxygen atoms in total. The van der Waals surface area contributed by atoms with E-state index >= 15 is 0 Å². The van der Waals surface area contributed by atoms with E-state index in [0.29, 0.717) is 34.0 Å². The van der Waals surface area contributed by atoms with Gasteiger partial charge in [0.2, 0.25) is 0 Å². The lowest BCUT2D eigenvalue weighted by molar-refractivity contribution is -0.117. The van der Waals surface area contributed by atoms with E-state index in [2.05, 4.69) is 15.6 Å². The molecule has 5 rings (SSSR count). The van der Waals surface area contributed by atoms with Gasteiger partial charge in [0.25, 0.3) is 11.8 Å². The number of hydrogen-bond donors (Lipinski definition) is 3. The van der Waals surface area contributed by atoms with Gasteiger partial charge in [0, 0.05) is 60.4 Å². The van der Waals surface area contributed by atoms with Gasteiger partial charge in [-0.05, 0) is 61.4 Å². The molecule has 0 aliphatic rings. The molecule has 42 heavy (non-hydrogen) atoms. The molecule has 5 aromatic rings. The van der Waals surface area contributed by atoms with E-state index < -0.39 is 22.0 Å². The van der Waals surface area contributed by atoms with Gasteiger partial charge < -0.3 is 15.6 Å². The van der Waals surface area contributed by atoms with Crippen LogP contribution in [0.15, 0.2) is 84.8 Å². The zero-order valence-corrected chi connectivity index (χ0v) is 24.1. The van der Waals surface area contributed by atoms with Crippen LogP contribution in [0.5, 0.6) is 0 Å². The summed E-state index contributed by atoms with van der Waals surface area (Å²) in [7, 11) is -0.992. The summed E-state index contributed by atoms with van der Waals surface area (Å²) < 4.78 is 41.9. The number of rotatable bonds is 9. The first kappa shape index (κ1) is 28.8. The van der Waals surface area contributed by atoms with E-state index in [1.807, 2.05) is 6.92 Å². The van der Waals surface area contributed by atoms with Gasteiger partial charge in [0.1, 0.15) is 11.5 Å². The van der Waals surface area contributed by atoms with E-state index in [4.69, 9.17) is 0 Å². The van der Waals surface area contributed by atoms with Crippen LogP contribution in [-0.4, -0.2) is 54.1 Å². The molecule has 0 aliphatic heterocycles. The molecule has 3 N–H and O–H groups in total. The number of aromatic nitrogens is 2. The van der Waals surface area contributed by atoms with Gasteiger partial charge in [-0.3, -0.25) is 9.59 Å². The number of para-hydroxylation sites is 1. The summed E-state index contributed by atoms with van der Waals surface area (Å²) in [6.45, 7) is 2.14. The number of fused-ring (bicyclic) bond motifs is 2. The summed E-state index contributed by atoms with van der Waals surface area (Å²) in [6.07, 6.45) is 5.12. The molecule has 0 atom stereocenters. The van der Waals surface area contributed by atoms with Crippen molar-refractivity contribution in [3.8, 4) is 0 Å². The fraction of sp³-hybridized carbons (Fsp3) is 0.161. The number of aryl methyl sites for hydroxylation is 1. The Balaban J connectivity index is 1.47. The number of benzene rings is 3. The summed E-state index contributed by atoms with van der Waals surface area (Å²) in [5.41, 5.74) is 3.72. The molecule has 0 saturated carbocycles. The maximum absolute atomic E-state index is 13.6. The Bertz CT molecular complexity index is 1940. The van der Waals surface area contributed by atoms with Crippen LogP contribution in [0.25, 0.3) is 27.9 Å². The maximum Gasteiger partial charge on any atom is 0.307 e. The van der Waals surface area contributed by atoms with Crippen LogP contribution < -0.4 is 10.6 Å². The molecule has 0 bridgehead atoms. The molecule has 2 aromatic heterocycles. The van der Waals surface area contributed by atoms with E-state index in [1.165, 1.54) is 38.5 Å². The first-order valence-corrected chi connectivity index (χ1v) is 14.6. The third kappa shape index (κ3) is 5.83. The summed E-state index contributed by atoms with van der Waals surface area (Å²) in [5, 5.41) is 6.99. The Hall–Kier alpha value is -4.74. The lowest BCUT2D eigenvalue weighted by Gasteiger charge is -2.13. The number of aromatic amines is 1. The molecule has 0 aliphatic carbocycles. The Kier molecular flexibility index (Phi) is 7.97. The standard InChI is InChI=1S/C31H30FN5O4S/c1-20-8-10-21(11-9-20)30(38)35-28(31(39)33-15-14-22-18-34-27-17-24(32)12-13-25(22)27)16-23-19-37(42(40,41)36(2)3)29-7-5-4-6-26(23)29/h4-13,16-19,34H,14-15H2,1-3H3,(H,33,39)(H,35,38)/b28-16-. The van der Waals surface area contributed by atoms with Gasteiger partial charge in [0.15, 0.2) is 0 Å². The molecule has 0 radical (unpaired) electrons. The van der Waals surface area contributed by atoms with Crippen molar-refractivity contribution in [2.24, 2.45) is 0 Å². The van der Waals surface area contributed by atoms with Gasteiger partial charge in [-0.1, -0.05) is 35.9 Å². The fourth-order valence-electron chi connectivity index (χ4n) is 4.64. The highest BCUT2D eigenvalue weighted by Crippen LogP contribution is 2.26. The molecule has 2 heterocycles. The van der Waals surface area contributed by atoms with E-state index in [-0.39, 0.29) is 18.1 Å². The highest BCUT2D eigenvalue weighted by atomic mass is 32.2. The highest BCUT2D eigenvalue weighted by molar-refractivity contribution is 7.87. The molecule has 0 unspecified atom stereocenters. The first-order valence-electron chi connectivity index (χ1n) is 13.2. The lowest BCUT2D eigenvalue weighted by atomic mass is 10.1. The average molecular weight is 588 g/mol. The molecule has 0 saturated heterocycles. The molecule has 11 heteroatoms. The zero-order valence-electron chi connectivity index (χ0n) is 23.3. The summed E-state index contributed by atoms with van der Waals surface area (Å²) in [6, 6.07) is 18.3. The highest BCUT2D eigenvalue weighted by Gasteiger charge is 2.22. The third-order valence-corrected chi connectivity index (χ3v) is 8.66. The Morgan fingerprint density at radius 3 is 2.50 bits per heavy atom. The summed E-state index contributed by atoms with van der Waals surface area (Å²) >= 11 is 0. The van der Waals surface area contributed by atoms with Crippen molar-refractivity contribution in [1.29, 1.82) is 0 Å². The van der Waals surface area contributed by atoms with Crippen LogP contribution in [0, 0.1) is 12.7 Å². The molecule has 0 spiro atoms. The quantitative estimate of drug-likeness (QED) is 0.222. The number of halogens is 1. The second kappa shape index (κ2) is 11.6. The predicted octanol–water partition coefficient (Wildman–Crippen LogP) is 4.35. The van der Waals surface area contributed by atoms with Gasteiger partial charge in [-0.2, -0.15) is 12.7 Å². The number of H-pyrrole nitrogens is 1. The number of nitrogens with zero attached hydrogens (tertiary/aromatic N) is 2. The number of amides is 2. The van der Waals surface area contributed by atoms with E-state index in [9.17, 15) is 22.4 Å². The van der Waals surface area contributed by atoms with Gasteiger partial charge in [-0.25, -0.2) is 8.36 Å². The zero-order chi connectivity index (χ0) is 30.0. The topological polar surface area (TPSA) is 116 Å². The second-order valence-corrected chi connectivity index (χ2v) is 12.1. The van der Waals surface area contributed by atoms with Crippen molar-refractivity contribution >= 4 is 49.9 Å². The average Bonchev–Trinajstić information content (AvgIpc) is 3.54. The number of carbonyl (C=O) groups excluding carboxylic acids is 2. The van der Waals surface area contributed by atoms with Crippen LogP contribution in [0.4, 0.5) is 4.39 Å². The molecule has 0 fully saturated rings. The van der Waals surface area contributed by atoms with E-state index in [1.54, 1.807) is 60.8 Å². The Labute approximate surface area is 242 Å². The van der Waals surface area contributed by atoms with Crippen LogP contribution in [0.3, 0.4) is 0 Å². The van der Waals surface area contributed by atoms with Gasteiger partial charge in [-0.15, -0.1) is 0 Å². The maximum atomic E-state index is 13.6. The van der Waals surface area contributed by atoms with Crippen molar-refractivity contribution in [1.82, 2.24) is 23.9 Å². The fourth-order valence-corrected chi connectivity index (χ4v) is 5.65. The molecule has 216 valence electrons. The number of carbonyl (C=O) groups is 2. The Morgan fingerprint density at radius 2 is 1.76 bits per heavy atom. The van der Waals surface area contributed by atoms with Crippen molar-refractivity contribution in [2.75, 3.05) is 20.6 Å². The van der Waals surface area contributed by atoms with Crippen LogP contribution >= 0.6 is 0 Å². The summed E-state index contributed by atoms with van der Waals surface area (Å²) in [5.74, 6) is -1.38. The van der Waals surface area contributed by atoms with Crippen LogP contribution in [0.2, 0.25) is 0 Å². The van der Waals surface area contributed by atoms with E-state index in [0.717, 1.165) is 24.8 Å². The van der Waals surface area contributed by atoms with Gasteiger partial charge >= 0.3 is 10.2 Å².